The van der Waals surface area contributed by atoms with Gasteiger partial charge in [-0.3, -0.25) is 0 Å². The van der Waals surface area contributed by atoms with Crippen LogP contribution in [-0.4, -0.2) is 12.6 Å². The molecular formula is C12H10FNO2. The molecule has 0 aliphatic carbocycles. The number of nitrogens with zero attached hydrogens (tertiary/aromatic N) is 1. The zero-order chi connectivity index (χ0) is 12.0. The van der Waals surface area contributed by atoms with Gasteiger partial charge < -0.3 is 4.74 Å². The minimum Gasteiger partial charge on any atom is -0.462 e. The van der Waals surface area contributed by atoms with Crippen LogP contribution >= 0.6 is 0 Å². The third-order valence-electron chi connectivity index (χ3n) is 1.86. The van der Waals surface area contributed by atoms with E-state index in [2.05, 4.69) is 0 Å². The fourth-order valence-electron chi connectivity index (χ4n) is 1.16. The summed E-state index contributed by atoms with van der Waals surface area (Å²) >= 11 is 0. The van der Waals surface area contributed by atoms with Crippen molar-refractivity contribution in [1.82, 2.24) is 0 Å². The molecule has 0 aliphatic heterocycles. The molecule has 0 unspecified atom stereocenters. The van der Waals surface area contributed by atoms with Crippen molar-refractivity contribution >= 4 is 11.5 Å². The topological polar surface area (TPSA) is 50.1 Å². The van der Waals surface area contributed by atoms with E-state index in [1.807, 2.05) is 0 Å². The molecule has 1 aromatic carbocycles. The maximum Gasteiger partial charge on any atom is 0.339 e. The summed E-state index contributed by atoms with van der Waals surface area (Å²) in [4.78, 5) is 11.5. The highest BCUT2D eigenvalue weighted by Crippen LogP contribution is 2.16. The van der Waals surface area contributed by atoms with Gasteiger partial charge in [-0.2, -0.15) is 5.26 Å². The van der Waals surface area contributed by atoms with Crippen LogP contribution in [0.2, 0.25) is 0 Å². The average Bonchev–Trinajstić information content (AvgIpc) is 2.28. The monoisotopic (exact) mass is 219 g/mol. The fourth-order valence-corrected chi connectivity index (χ4v) is 1.16. The van der Waals surface area contributed by atoms with Gasteiger partial charge >= 0.3 is 5.97 Å². The predicted octanol–water partition coefficient (Wildman–Crippen LogP) is 2.30. The van der Waals surface area contributed by atoms with Gasteiger partial charge in [0.2, 0.25) is 0 Å². The van der Waals surface area contributed by atoms with Gasteiger partial charge in [-0.25, -0.2) is 9.18 Å². The second-order valence-electron chi connectivity index (χ2n) is 2.91. The Morgan fingerprint density at radius 1 is 1.50 bits per heavy atom. The van der Waals surface area contributed by atoms with E-state index in [-0.39, 0.29) is 12.2 Å². The smallest absolute Gasteiger partial charge is 0.339 e. The summed E-state index contributed by atoms with van der Waals surface area (Å²) in [5.41, 5.74) is 0.589. The number of nitriles is 1. The van der Waals surface area contributed by atoms with Crippen molar-refractivity contribution in [2.24, 2.45) is 0 Å². The summed E-state index contributed by atoms with van der Waals surface area (Å²) in [6, 6.07) is 7.06. The zero-order valence-electron chi connectivity index (χ0n) is 8.74. The zero-order valence-corrected chi connectivity index (χ0v) is 8.74. The lowest BCUT2D eigenvalue weighted by atomic mass is 10.1. The summed E-state index contributed by atoms with van der Waals surface area (Å²) in [7, 11) is 0. The fraction of sp³-hybridized carbons (Fsp3) is 0.167. The molecule has 0 amide bonds. The van der Waals surface area contributed by atoms with E-state index in [9.17, 15) is 9.18 Å². The Kier molecular flexibility index (Phi) is 4.22. The summed E-state index contributed by atoms with van der Waals surface area (Å²) < 4.78 is 17.5. The first-order valence-electron chi connectivity index (χ1n) is 4.72. The van der Waals surface area contributed by atoms with Gasteiger partial charge in [-0.1, -0.05) is 12.1 Å². The molecule has 0 aromatic heterocycles. The van der Waals surface area contributed by atoms with Crippen LogP contribution in [0.4, 0.5) is 4.39 Å². The lowest BCUT2D eigenvalue weighted by molar-refractivity contribution is -0.136. The predicted molar refractivity (Wildman–Crippen MR) is 56.6 cm³/mol. The molecule has 0 N–H and O–H groups in total. The van der Waals surface area contributed by atoms with E-state index in [0.717, 1.165) is 6.08 Å². The second-order valence-corrected chi connectivity index (χ2v) is 2.91. The lowest BCUT2D eigenvalue weighted by Gasteiger charge is -2.05. The van der Waals surface area contributed by atoms with Crippen molar-refractivity contribution < 1.29 is 13.9 Å². The lowest BCUT2D eigenvalue weighted by Crippen LogP contribution is -2.06. The maximum absolute atomic E-state index is 12.7. The van der Waals surface area contributed by atoms with Crippen LogP contribution in [0.25, 0.3) is 5.57 Å². The number of ether oxygens (including phenoxy) is 1. The van der Waals surface area contributed by atoms with E-state index in [0.29, 0.717) is 5.56 Å². The van der Waals surface area contributed by atoms with Crippen LogP contribution in [0.1, 0.15) is 12.5 Å². The third-order valence-corrected chi connectivity index (χ3v) is 1.86. The standard InChI is InChI=1S/C12H10FNO2/c1-2-16-12(15)11(7-8-14)9-3-5-10(13)6-4-9/h3-7H,2H2,1H3/b11-7-. The highest BCUT2D eigenvalue weighted by molar-refractivity contribution is 6.16. The molecule has 1 aromatic rings. The molecule has 0 heterocycles. The van der Waals surface area contributed by atoms with Crippen molar-refractivity contribution in [2.75, 3.05) is 6.61 Å². The first-order chi connectivity index (χ1) is 7.69. The minimum absolute atomic E-state index is 0.129. The normalized spacial score (nSPS) is 10.7. The Morgan fingerprint density at radius 2 is 2.12 bits per heavy atom. The van der Waals surface area contributed by atoms with Crippen molar-refractivity contribution in [3.63, 3.8) is 0 Å². The molecule has 0 atom stereocenters. The van der Waals surface area contributed by atoms with Gasteiger partial charge in [0.1, 0.15) is 5.82 Å². The van der Waals surface area contributed by atoms with Gasteiger partial charge in [0.05, 0.1) is 18.2 Å². The molecule has 1 rings (SSSR count). The number of hydrogen-bond acceptors (Lipinski definition) is 3. The van der Waals surface area contributed by atoms with Crippen LogP contribution < -0.4 is 0 Å². The molecule has 4 heteroatoms. The van der Waals surface area contributed by atoms with Crippen LogP contribution in [0, 0.1) is 17.1 Å². The Morgan fingerprint density at radius 3 is 2.62 bits per heavy atom. The van der Waals surface area contributed by atoms with Gasteiger partial charge in [-0.15, -0.1) is 0 Å². The minimum atomic E-state index is -0.587. The van der Waals surface area contributed by atoms with Crippen molar-refractivity contribution in [3.8, 4) is 6.07 Å². The van der Waals surface area contributed by atoms with Crippen LogP contribution in [0.3, 0.4) is 0 Å². The molecule has 3 nitrogen and oxygen atoms in total. The molecule has 0 spiro atoms. The van der Waals surface area contributed by atoms with Crippen LogP contribution in [-0.2, 0) is 9.53 Å². The Hall–Kier alpha value is -2.15. The number of esters is 1. The summed E-state index contributed by atoms with van der Waals surface area (Å²) in [5.74, 6) is -0.987. The van der Waals surface area contributed by atoms with Crippen molar-refractivity contribution in [3.05, 3.63) is 41.7 Å². The molecule has 0 bridgehead atoms. The van der Waals surface area contributed by atoms with E-state index in [1.165, 1.54) is 24.3 Å². The third kappa shape index (κ3) is 2.92. The number of hydrogen-bond donors (Lipinski definition) is 0. The number of carbonyl (C=O) groups excluding carboxylic acids is 1. The first-order valence-corrected chi connectivity index (χ1v) is 4.72. The number of benzene rings is 1. The van der Waals surface area contributed by atoms with E-state index >= 15 is 0 Å². The average molecular weight is 219 g/mol. The van der Waals surface area contributed by atoms with Crippen LogP contribution in [0.5, 0.6) is 0 Å². The van der Waals surface area contributed by atoms with Crippen molar-refractivity contribution in [2.45, 2.75) is 6.92 Å². The Balaban J connectivity index is 3.05. The summed E-state index contributed by atoms with van der Waals surface area (Å²) in [5, 5.41) is 8.56. The molecular weight excluding hydrogens is 209 g/mol. The van der Waals surface area contributed by atoms with E-state index in [1.54, 1.807) is 13.0 Å². The SMILES string of the molecule is CCOC(=O)/C(=C\C#N)c1ccc(F)cc1. The molecule has 0 saturated heterocycles. The molecule has 0 fully saturated rings. The van der Waals surface area contributed by atoms with Crippen molar-refractivity contribution in [1.29, 1.82) is 5.26 Å². The van der Waals surface area contributed by atoms with Gasteiger partial charge in [-0.05, 0) is 24.6 Å². The molecule has 82 valence electrons. The van der Waals surface area contributed by atoms with Gasteiger partial charge in [0.25, 0.3) is 0 Å². The largest absolute Gasteiger partial charge is 0.462 e. The van der Waals surface area contributed by atoms with Crippen LogP contribution in [0.15, 0.2) is 30.3 Å². The van der Waals surface area contributed by atoms with E-state index < -0.39 is 11.8 Å². The molecule has 0 saturated carbocycles. The summed E-state index contributed by atoms with van der Waals surface area (Å²) in [6.45, 7) is 1.90. The number of rotatable bonds is 3. The highest BCUT2D eigenvalue weighted by Gasteiger charge is 2.12. The molecule has 16 heavy (non-hydrogen) atoms. The molecule has 0 aliphatic rings. The quantitative estimate of drug-likeness (QED) is 0.445. The maximum atomic E-state index is 12.7. The number of carbonyl (C=O) groups is 1. The Labute approximate surface area is 92.8 Å². The summed E-state index contributed by atoms with van der Waals surface area (Å²) in [6.07, 6.45) is 1.09. The van der Waals surface area contributed by atoms with E-state index in [4.69, 9.17) is 10.00 Å². The van der Waals surface area contributed by atoms with Gasteiger partial charge in [0.15, 0.2) is 0 Å². The number of allylic oxidation sites excluding steroid dienone is 1. The first kappa shape index (κ1) is 11.9. The molecule has 0 radical (unpaired) electrons. The second kappa shape index (κ2) is 5.66. The van der Waals surface area contributed by atoms with Gasteiger partial charge in [0, 0.05) is 6.08 Å². The highest BCUT2D eigenvalue weighted by atomic mass is 19.1. The number of halogens is 1. The Bertz CT molecular complexity index is 443.